The fourth-order valence-corrected chi connectivity index (χ4v) is 4.90. The molecule has 1 aliphatic rings. The molecule has 1 aliphatic heterocycles. The minimum Gasteiger partial charge on any atom is -0.379 e. The molecule has 0 aliphatic carbocycles. The standard InChI is InChI=1S/C27H31N5O2/c1-19-22(20(2)32-27(29-19)23-10-6-7-11-24(23)30-32)12-13-26(33)28-18-25(21-8-4-3-5-9-21)31-14-16-34-17-15-31/h3-11,25H,12-18H2,1-2H3,(H,28,33). The van der Waals surface area contributed by atoms with Crippen molar-refractivity contribution in [2.75, 3.05) is 32.8 Å². The summed E-state index contributed by atoms with van der Waals surface area (Å²) in [5.41, 5.74) is 6.11. The lowest BCUT2D eigenvalue weighted by atomic mass is 10.0. The van der Waals surface area contributed by atoms with Crippen LogP contribution in [-0.4, -0.2) is 58.3 Å². The third kappa shape index (κ3) is 4.54. The monoisotopic (exact) mass is 457 g/mol. The topological polar surface area (TPSA) is 71.8 Å². The maximum atomic E-state index is 12.9. The molecule has 1 amide bonds. The molecule has 176 valence electrons. The van der Waals surface area contributed by atoms with Crippen molar-refractivity contribution in [3.63, 3.8) is 0 Å². The van der Waals surface area contributed by atoms with Crippen molar-refractivity contribution in [3.05, 3.63) is 77.1 Å². The van der Waals surface area contributed by atoms with Crippen LogP contribution in [0, 0.1) is 13.8 Å². The third-order valence-electron chi connectivity index (χ3n) is 6.78. The second-order valence-corrected chi connectivity index (χ2v) is 8.89. The van der Waals surface area contributed by atoms with Gasteiger partial charge in [-0.2, -0.15) is 5.10 Å². The van der Waals surface area contributed by atoms with Crippen molar-refractivity contribution >= 4 is 22.5 Å². The highest BCUT2D eigenvalue weighted by atomic mass is 16.5. The number of nitrogens with zero attached hydrogens (tertiary/aromatic N) is 4. The van der Waals surface area contributed by atoms with Crippen LogP contribution in [0.3, 0.4) is 0 Å². The van der Waals surface area contributed by atoms with E-state index < -0.39 is 0 Å². The number of amides is 1. The number of aryl methyl sites for hydroxylation is 2. The molecule has 0 radical (unpaired) electrons. The van der Waals surface area contributed by atoms with Crippen LogP contribution in [0.15, 0.2) is 54.6 Å². The number of hydrogen-bond donors (Lipinski definition) is 1. The first-order valence-corrected chi connectivity index (χ1v) is 12.0. The summed E-state index contributed by atoms with van der Waals surface area (Å²) in [7, 11) is 0. The van der Waals surface area contributed by atoms with Gasteiger partial charge in [-0.3, -0.25) is 9.69 Å². The van der Waals surface area contributed by atoms with Crippen molar-refractivity contribution in [2.45, 2.75) is 32.7 Å². The summed E-state index contributed by atoms with van der Waals surface area (Å²) < 4.78 is 7.44. The van der Waals surface area contributed by atoms with Crippen LogP contribution in [0.25, 0.3) is 16.6 Å². The van der Waals surface area contributed by atoms with Crippen molar-refractivity contribution in [2.24, 2.45) is 0 Å². The summed E-state index contributed by atoms with van der Waals surface area (Å²) in [5.74, 6) is 0.0544. The van der Waals surface area contributed by atoms with E-state index in [9.17, 15) is 4.79 Å². The molecule has 7 nitrogen and oxygen atoms in total. The van der Waals surface area contributed by atoms with E-state index in [1.54, 1.807) is 0 Å². The molecule has 2 aromatic heterocycles. The molecule has 0 saturated carbocycles. The first kappa shape index (κ1) is 22.5. The summed E-state index contributed by atoms with van der Waals surface area (Å²) in [4.78, 5) is 20.1. The number of rotatable bonds is 7. The van der Waals surface area contributed by atoms with Gasteiger partial charge in [-0.05, 0) is 43.5 Å². The predicted molar refractivity (Wildman–Crippen MR) is 133 cm³/mol. The largest absolute Gasteiger partial charge is 0.379 e. The Bertz CT molecular complexity index is 1290. The molecule has 2 aromatic carbocycles. The number of hydrogen-bond acceptors (Lipinski definition) is 5. The normalized spacial score (nSPS) is 15.6. The Hall–Kier alpha value is -3.29. The SMILES string of the molecule is Cc1nc2c3ccccc3nn2c(C)c1CCC(=O)NCC(c1ccccc1)N1CCOCC1. The van der Waals surface area contributed by atoms with Gasteiger partial charge in [0.25, 0.3) is 0 Å². The van der Waals surface area contributed by atoms with Gasteiger partial charge >= 0.3 is 0 Å². The van der Waals surface area contributed by atoms with E-state index in [2.05, 4.69) is 41.4 Å². The fourth-order valence-electron chi connectivity index (χ4n) is 4.90. The van der Waals surface area contributed by atoms with Gasteiger partial charge in [0, 0.05) is 42.8 Å². The number of carbonyl (C=O) groups excluding carboxylic acids is 1. The van der Waals surface area contributed by atoms with Crippen LogP contribution in [0.2, 0.25) is 0 Å². The summed E-state index contributed by atoms with van der Waals surface area (Å²) >= 11 is 0. The Kier molecular flexibility index (Phi) is 6.56. The zero-order chi connectivity index (χ0) is 23.5. The quantitative estimate of drug-likeness (QED) is 0.459. The second kappa shape index (κ2) is 9.91. The molecule has 1 atom stereocenters. The van der Waals surface area contributed by atoms with E-state index in [1.807, 2.05) is 41.8 Å². The van der Waals surface area contributed by atoms with E-state index in [-0.39, 0.29) is 11.9 Å². The minimum absolute atomic E-state index is 0.0544. The van der Waals surface area contributed by atoms with Crippen LogP contribution in [0.5, 0.6) is 0 Å². The number of benzene rings is 2. The predicted octanol–water partition coefficient (Wildman–Crippen LogP) is 3.62. The number of aromatic nitrogens is 3. The average Bonchev–Trinajstić information content (AvgIpc) is 3.24. The van der Waals surface area contributed by atoms with E-state index in [1.165, 1.54) is 5.56 Å². The molecular weight excluding hydrogens is 426 g/mol. The molecular formula is C27H31N5O2. The Morgan fingerprint density at radius 3 is 2.59 bits per heavy atom. The molecule has 1 saturated heterocycles. The number of ether oxygens (including phenoxy) is 1. The lowest BCUT2D eigenvalue weighted by Gasteiger charge is -2.35. The highest BCUT2D eigenvalue weighted by Crippen LogP contribution is 2.24. The van der Waals surface area contributed by atoms with Crippen molar-refractivity contribution in [1.82, 2.24) is 24.8 Å². The lowest BCUT2D eigenvalue weighted by molar-refractivity contribution is -0.121. The average molecular weight is 458 g/mol. The van der Waals surface area contributed by atoms with Gasteiger partial charge in [-0.15, -0.1) is 0 Å². The minimum atomic E-state index is 0.0544. The highest BCUT2D eigenvalue weighted by molar-refractivity contribution is 5.92. The van der Waals surface area contributed by atoms with Crippen LogP contribution >= 0.6 is 0 Å². The molecule has 0 spiro atoms. The second-order valence-electron chi connectivity index (χ2n) is 8.89. The van der Waals surface area contributed by atoms with E-state index in [4.69, 9.17) is 14.8 Å². The molecule has 3 heterocycles. The lowest BCUT2D eigenvalue weighted by Crippen LogP contribution is -2.43. The molecule has 1 unspecified atom stereocenters. The molecule has 7 heteroatoms. The number of nitrogens with one attached hydrogen (secondary N) is 1. The first-order chi connectivity index (χ1) is 16.6. The zero-order valence-electron chi connectivity index (χ0n) is 19.8. The van der Waals surface area contributed by atoms with Crippen LogP contribution < -0.4 is 5.32 Å². The van der Waals surface area contributed by atoms with Gasteiger partial charge in [0.05, 0.1) is 24.8 Å². The summed E-state index contributed by atoms with van der Waals surface area (Å²) in [6, 6.07) is 18.6. The number of fused-ring (bicyclic) bond motifs is 3. The maximum absolute atomic E-state index is 12.9. The molecule has 5 rings (SSSR count). The number of carbonyl (C=O) groups is 1. The molecule has 0 bridgehead atoms. The fraction of sp³-hybridized carbons (Fsp3) is 0.370. The molecule has 1 N–H and O–H groups in total. The van der Waals surface area contributed by atoms with Crippen LogP contribution in [0.4, 0.5) is 0 Å². The van der Waals surface area contributed by atoms with Gasteiger partial charge in [0.1, 0.15) is 0 Å². The molecule has 34 heavy (non-hydrogen) atoms. The van der Waals surface area contributed by atoms with Crippen LogP contribution in [0.1, 0.15) is 35.0 Å². The van der Waals surface area contributed by atoms with Gasteiger partial charge in [-0.25, -0.2) is 9.50 Å². The van der Waals surface area contributed by atoms with Gasteiger partial charge in [-0.1, -0.05) is 42.5 Å². The Balaban J connectivity index is 1.28. The Morgan fingerprint density at radius 2 is 1.79 bits per heavy atom. The van der Waals surface area contributed by atoms with E-state index in [0.717, 1.165) is 59.8 Å². The van der Waals surface area contributed by atoms with Gasteiger partial charge in [0.2, 0.25) is 5.91 Å². The van der Waals surface area contributed by atoms with Crippen molar-refractivity contribution in [3.8, 4) is 0 Å². The van der Waals surface area contributed by atoms with E-state index in [0.29, 0.717) is 19.4 Å². The Morgan fingerprint density at radius 1 is 1.06 bits per heavy atom. The van der Waals surface area contributed by atoms with Crippen molar-refractivity contribution < 1.29 is 9.53 Å². The smallest absolute Gasteiger partial charge is 0.220 e. The maximum Gasteiger partial charge on any atom is 0.220 e. The summed E-state index contributed by atoms with van der Waals surface area (Å²) in [6.45, 7) is 7.87. The highest BCUT2D eigenvalue weighted by Gasteiger charge is 2.23. The van der Waals surface area contributed by atoms with Gasteiger partial charge < -0.3 is 10.1 Å². The van der Waals surface area contributed by atoms with Gasteiger partial charge in [0.15, 0.2) is 5.65 Å². The molecule has 1 fully saturated rings. The number of morpholine rings is 1. The summed E-state index contributed by atoms with van der Waals surface area (Å²) in [6.07, 6.45) is 1.05. The third-order valence-corrected chi connectivity index (χ3v) is 6.78. The van der Waals surface area contributed by atoms with E-state index >= 15 is 0 Å². The first-order valence-electron chi connectivity index (χ1n) is 12.0. The zero-order valence-corrected chi connectivity index (χ0v) is 19.8. The Labute approximate surface area is 199 Å². The van der Waals surface area contributed by atoms with Crippen LogP contribution in [-0.2, 0) is 16.0 Å². The summed E-state index contributed by atoms with van der Waals surface area (Å²) in [5, 5.41) is 8.96. The molecule has 4 aromatic rings. The van der Waals surface area contributed by atoms with Crippen molar-refractivity contribution in [1.29, 1.82) is 0 Å².